The molecule has 0 saturated heterocycles. The van der Waals surface area contributed by atoms with E-state index in [0.717, 1.165) is 12.8 Å². The minimum Gasteiger partial charge on any atom is -0.300 e. The Morgan fingerprint density at radius 2 is 1.76 bits per heavy atom. The summed E-state index contributed by atoms with van der Waals surface area (Å²) in [7, 11) is 0. The Bertz CT molecular complexity index is 386. The van der Waals surface area contributed by atoms with Gasteiger partial charge in [-0.1, -0.05) is 17.7 Å². The molecule has 0 aromatic heterocycles. The van der Waals surface area contributed by atoms with E-state index < -0.39 is 0 Å². The van der Waals surface area contributed by atoms with Crippen LogP contribution in [0.1, 0.15) is 35.6 Å². The molecular weight excluding hydrogens is 232 g/mol. The van der Waals surface area contributed by atoms with E-state index in [2.05, 4.69) is 32.9 Å². The van der Waals surface area contributed by atoms with Crippen molar-refractivity contribution in [2.24, 2.45) is 5.92 Å². The highest BCUT2D eigenvalue weighted by Crippen LogP contribution is 2.22. The van der Waals surface area contributed by atoms with Gasteiger partial charge in [-0.25, -0.2) is 0 Å². The second-order valence-corrected chi connectivity index (χ2v) is 5.24. The van der Waals surface area contributed by atoms with Crippen LogP contribution in [0.5, 0.6) is 0 Å². The van der Waals surface area contributed by atoms with Gasteiger partial charge in [0.05, 0.1) is 0 Å². The number of halogens is 1. The lowest BCUT2D eigenvalue weighted by Crippen LogP contribution is -2.16. The second-order valence-electron chi connectivity index (χ2n) is 4.87. The Morgan fingerprint density at radius 1 is 1.24 bits per heavy atom. The molecule has 0 aliphatic rings. The van der Waals surface area contributed by atoms with Crippen molar-refractivity contribution < 1.29 is 4.79 Å². The molecule has 0 heterocycles. The van der Waals surface area contributed by atoms with Gasteiger partial charge in [0.25, 0.3) is 0 Å². The van der Waals surface area contributed by atoms with Crippen molar-refractivity contribution in [3.63, 3.8) is 0 Å². The van der Waals surface area contributed by atoms with Crippen LogP contribution in [0.2, 0.25) is 0 Å². The molecule has 2 heteroatoms. The van der Waals surface area contributed by atoms with E-state index in [1.54, 1.807) is 6.92 Å². The van der Waals surface area contributed by atoms with Gasteiger partial charge in [-0.15, -0.1) is 11.6 Å². The maximum absolute atomic E-state index is 11.6. The van der Waals surface area contributed by atoms with Crippen LogP contribution >= 0.6 is 11.6 Å². The third kappa shape index (κ3) is 3.85. The highest BCUT2D eigenvalue weighted by molar-refractivity contribution is 6.18. The molecule has 0 aliphatic heterocycles. The largest absolute Gasteiger partial charge is 0.300 e. The molecule has 1 aromatic carbocycles. The van der Waals surface area contributed by atoms with Gasteiger partial charge >= 0.3 is 0 Å². The first-order valence-electron chi connectivity index (χ1n) is 6.08. The lowest BCUT2D eigenvalue weighted by Gasteiger charge is -2.17. The molecule has 94 valence electrons. The summed E-state index contributed by atoms with van der Waals surface area (Å²) in [5.41, 5.74) is 5.15. The molecule has 0 spiro atoms. The van der Waals surface area contributed by atoms with Crippen molar-refractivity contribution in [2.75, 3.05) is 5.88 Å². The van der Waals surface area contributed by atoms with E-state index in [1.165, 1.54) is 22.3 Å². The van der Waals surface area contributed by atoms with Crippen LogP contribution in [0.3, 0.4) is 0 Å². The fourth-order valence-electron chi connectivity index (χ4n) is 2.36. The van der Waals surface area contributed by atoms with E-state index >= 15 is 0 Å². The fourth-order valence-corrected chi connectivity index (χ4v) is 2.62. The van der Waals surface area contributed by atoms with Crippen LogP contribution in [0.15, 0.2) is 12.1 Å². The van der Waals surface area contributed by atoms with E-state index in [-0.39, 0.29) is 11.7 Å². The maximum Gasteiger partial charge on any atom is 0.133 e. The SMILES string of the molecule is CC(=O)C(CCCl)Cc1c(C)cc(C)cc1C. The molecule has 1 aromatic rings. The zero-order valence-corrected chi connectivity index (χ0v) is 11.9. The predicted octanol–water partition coefficient (Wildman–Crippen LogP) is 3.99. The zero-order valence-electron chi connectivity index (χ0n) is 11.1. The third-order valence-corrected chi connectivity index (χ3v) is 3.54. The molecule has 0 saturated carbocycles. The summed E-state index contributed by atoms with van der Waals surface area (Å²) in [6, 6.07) is 4.36. The first kappa shape index (κ1) is 14.2. The predicted molar refractivity (Wildman–Crippen MR) is 73.9 cm³/mol. The average molecular weight is 253 g/mol. The molecule has 0 radical (unpaired) electrons. The number of Topliss-reactive ketones (excluding diaryl/α,β-unsaturated/α-hetero) is 1. The van der Waals surface area contributed by atoms with Gasteiger partial charge in [0.2, 0.25) is 0 Å². The second kappa shape index (κ2) is 6.20. The number of hydrogen-bond acceptors (Lipinski definition) is 1. The normalized spacial score (nSPS) is 12.5. The van der Waals surface area contributed by atoms with Crippen LogP contribution in [0.25, 0.3) is 0 Å². The molecule has 0 amide bonds. The van der Waals surface area contributed by atoms with Crippen molar-refractivity contribution in [1.82, 2.24) is 0 Å². The molecule has 17 heavy (non-hydrogen) atoms. The minimum atomic E-state index is 0.0626. The lowest BCUT2D eigenvalue weighted by molar-refractivity contribution is -0.120. The summed E-state index contributed by atoms with van der Waals surface area (Å²) in [5.74, 6) is 0.853. The fraction of sp³-hybridized carbons (Fsp3) is 0.533. The zero-order chi connectivity index (χ0) is 13.0. The lowest BCUT2D eigenvalue weighted by atomic mass is 9.88. The molecule has 0 fully saturated rings. The van der Waals surface area contributed by atoms with Gasteiger partial charge in [-0.2, -0.15) is 0 Å². The molecule has 1 unspecified atom stereocenters. The molecule has 1 rings (SSSR count). The van der Waals surface area contributed by atoms with Crippen LogP contribution < -0.4 is 0 Å². The number of carbonyl (C=O) groups excluding carboxylic acids is 1. The summed E-state index contributed by atoms with van der Waals surface area (Å²) in [6.45, 7) is 8.00. The number of aryl methyl sites for hydroxylation is 3. The quantitative estimate of drug-likeness (QED) is 0.725. The van der Waals surface area contributed by atoms with E-state index in [9.17, 15) is 4.79 Å². The van der Waals surface area contributed by atoms with Gasteiger partial charge in [-0.3, -0.25) is 4.79 Å². The number of alkyl halides is 1. The van der Waals surface area contributed by atoms with Crippen LogP contribution in [0, 0.1) is 26.7 Å². The molecule has 1 atom stereocenters. The summed E-state index contributed by atoms with van der Waals surface area (Å²) < 4.78 is 0. The maximum atomic E-state index is 11.6. The van der Waals surface area contributed by atoms with Crippen molar-refractivity contribution in [1.29, 1.82) is 0 Å². The van der Waals surface area contributed by atoms with Crippen molar-refractivity contribution in [2.45, 2.75) is 40.5 Å². The van der Waals surface area contributed by atoms with Gasteiger partial charge in [0.1, 0.15) is 5.78 Å². The van der Waals surface area contributed by atoms with E-state index in [4.69, 9.17) is 11.6 Å². The summed E-state index contributed by atoms with van der Waals surface area (Å²) in [4.78, 5) is 11.6. The first-order valence-corrected chi connectivity index (χ1v) is 6.62. The number of rotatable bonds is 5. The highest BCUT2D eigenvalue weighted by Gasteiger charge is 2.16. The summed E-state index contributed by atoms with van der Waals surface area (Å²) in [6.07, 6.45) is 1.59. The van der Waals surface area contributed by atoms with Crippen LogP contribution in [0.4, 0.5) is 0 Å². The van der Waals surface area contributed by atoms with Gasteiger partial charge < -0.3 is 0 Å². The Balaban J connectivity index is 2.97. The third-order valence-electron chi connectivity index (χ3n) is 3.32. The van der Waals surface area contributed by atoms with Crippen molar-refractivity contribution in [3.8, 4) is 0 Å². The van der Waals surface area contributed by atoms with Gasteiger partial charge in [0.15, 0.2) is 0 Å². The molecule has 0 N–H and O–H groups in total. The minimum absolute atomic E-state index is 0.0626. The van der Waals surface area contributed by atoms with E-state index in [0.29, 0.717) is 5.88 Å². The van der Waals surface area contributed by atoms with Crippen molar-refractivity contribution >= 4 is 17.4 Å². The van der Waals surface area contributed by atoms with Crippen LogP contribution in [-0.4, -0.2) is 11.7 Å². The average Bonchev–Trinajstić information content (AvgIpc) is 2.21. The standard InChI is InChI=1S/C15H21ClO/c1-10-7-11(2)15(12(3)8-10)9-14(5-6-16)13(4)17/h7-8,14H,5-6,9H2,1-4H3. The molecule has 0 aliphatic carbocycles. The Hall–Kier alpha value is -0.820. The molecular formula is C15H21ClO. The topological polar surface area (TPSA) is 17.1 Å². The Morgan fingerprint density at radius 3 is 2.18 bits per heavy atom. The Kier molecular flexibility index (Phi) is 5.20. The number of benzene rings is 1. The van der Waals surface area contributed by atoms with Crippen molar-refractivity contribution in [3.05, 3.63) is 34.4 Å². The van der Waals surface area contributed by atoms with E-state index in [1.807, 2.05) is 0 Å². The smallest absolute Gasteiger partial charge is 0.133 e. The molecule has 1 nitrogen and oxygen atoms in total. The number of hydrogen-bond donors (Lipinski definition) is 0. The number of ketones is 1. The van der Waals surface area contributed by atoms with Gasteiger partial charge in [-0.05, 0) is 57.2 Å². The molecule has 0 bridgehead atoms. The monoisotopic (exact) mass is 252 g/mol. The Labute approximate surface area is 109 Å². The summed E-state index contributed by atoms with van der Waals surface area (Å²) in [5, 5.41) is 0. The van der Waals surface area contributed by atoms with Crippen LogP contribution in [-0.2, 0) is 11.2 Å². The van der Waals surface area contributed by atoms with Gasteiger partial charge in [0, 0.05) is 11.8 Å². The highest BCUT2D eigenvalue weighted by atomic mass is 35.5. The first-order chi connectivity index (χ1) is 7.95. The summed E-state index contributed by atoms with van der Waals surface area (Å²) >= 11 is 5.76. The number of carbonyl (C=O) groups is 1.